The molecule has 0 rings (SSSR count). The van der Waals surface area contributed by atoms with E-state index in [0.717, 1.165) is 0 Å². The Morgan fingerprint density at radius 3 is 1.89 bits per heavy atom. The molecule has 0 aliphatic rings. The number of halogens is 1. The number of rotatable bonds is 1. The maximum atomic E-state index is 13.5. The fourth-order valence-electron chi connectivity index (χ4n) is 0.252. The van der Waals surface area contributed by atoms with E-state index in [1.165, 1.54) is 7.87 Å². The highest BCUT2D eigenvalue weighted by atomic mass is 32.9. The molecule has 0 aromatic carbocycles. The highest BCUT2D eigenvalue weighted by Crippen LogP contribution is 2.75. The molecule has 0 N–H and O–H groups in total. The lowest BCUT2D eigenvalue weighted by Gasteiger charge is -2.20. The van der Waals surface area contributed by atoms with Crippen molar-refractivity contribution in [2.75, 3.05) is 25.8 Å². The summed E-state index contributed by atoms with van der Waals surface area (Å²) in [4.78, 5) is 0. The monoisotopic (exact) mass is 187 g/mol. The third kappa shape index (κ3) is 3.45. The summed E-state index contributed by atoms with van der Waals surface area (Å²) in [5, 5.41) is 0. The zero-order valence-corrected chi connectivity index (χ0v) is 8.99. The predicted molar refractivity (Wildman–Crippen MR) is 53.4 cm³/mol. The van der Waals surface area contributed by atoms with Crippen LogP contribution in [0.4, 0.5) is 3.89 Å². The van der Waals surface area contributed by atoms with Gasteiger partial charge in [0.05, 0.1) is 0 Å². The second-order valence-corrected chi connectivity index (χ2v) is 16.7. The largest absolute Gasteiger partial charge is 0.176 e. The summed E-state index contributed by atoms with van der Waals surface area (Å²) in [6.07, 6.45) is 2.83. The maximum Gasteiger partial charge on any atom is 0.176 e. The topological polar surface area (TPSA) is 0 Å². The van der Waals surface area contributed by atoms with Crippen molar-refractivity contribution < 1.29 is 3.89 Å². The van der Waals surface area contributed by atoms with Crippen molar-refractivity contribution in [2.24, 2.45) is 0 Å². The van der Waals surface area contributed by atoms with Crippen molar-refractivity contribution in [3.8, 4) is 0 Å². The third-order valence-electron chi connectivity index (χ3n) is 1.10. The third-order valence-corrected chi connectivity index (χ3v) is 15.9. The van der Waals surface area contributed by atoms with Gasteiger partial charge < -0.3 is 0 Å². The second kappa shape index (κ2) is 2.42. The predicted octanol–water partition coefficient (Wildman–Crippen LogP) is 3.42. The van der Waals surface area contributed by atoms with Crippen molar-refractivity contribution in [1.82, 2.24) is 0 Å². The molecule has 0 bridgehead atoms. The number of hydrogen-bond acceptors (Lipinski definition) is 0. The average molecular weight is 187 g/mol. The molecule has 0 heterocycles. The minimum absolute atomic E-state index is 0.499. The summed E-state index contributed by atoms with van der Waals surface area (Å²) in [7, 11) is -1.52. The quantitative estimate of drug-likeness (QED) is 0.436. The Kier molecular flexibility index (Phi) is 2.62. The van der Waals surface area contributed by atoms with Crippen LogP contribution in [0.3, 0.4) is 0 Å². The van der Waals surface area contributed by atoms with Crippen LogP contribution in [-0.4, -0.2) is 31.7 Å². The first-order valence-electron chi connectivity index (χ1n) is 2.54. The summed E-state index contributed by atoms with van der Waals surface area (Å²) in [5.41, 5.74) is 0. The van der Waals surface area contributed by atoms with Crippen molar-refractivity contribution in [1.29, 1.82) is 0 Å². The van der Waals surface area contributed by atoms with Gasteiger partial charge in [0.1, 0.15) is 14.5 Å². The molecule has 0 amide bonds. The van der Waals surface area contributed by atoms with Gasteiger partial charge in [0.25, 0.3) is 0 Å². The van der Waals surface area contributed by atoms with E-state index >= 15 is 0 Å². The molecule has 0 aliphatic heterocycles. The van der Waals surface area contributed by atoms with Gasteiger partial charge in [0.15, 0.2) is 6.41 Å². The number of hydrogen-bond donors (Lipinski definition) is 0. The van der Waals surface area contributed by atoms with E-state index in [9.17, 15) is 3.89 Å². The lowest BCUT2D eigenvalue weighted by atomic mass is 11.9. The molecule has 56 valence electrons. The molecular formula is C5H14FP2S+. The van der Waals surface area contributed by atoms with Gasteiger partial charge in [-0.1, -0.05) is 0 Å². The summed E-state index contributed by atoms with van der Waals surface area (Å²) in [6, 6.07) is 0. The van der Waals surface area contributed by atoms with Crippen LogP contribution in [0.15, 0.2) is 0 Å². The molecule has 4 heteroatoms. The van der Waals surface area contributed by atoms with Gasteiger partial charge in [-0.2, -0.15) is 3.89 Å². The van der Waals surface area contributed by atoms with Crippen LogP contribution >= 0.6 is 23.0 Å². The highest BCUT2D eigenvalue weighted by Gasteiger charge is 2.28. The van der Waals surface area contributed by atoms with Crippen LogP contribution in [0.1, 0.15) is 0 Å². The van der Waals surface area contributed by atoms with Gasteiger partial charge in [-0.25, -0.2) is 0 Å². The molecule has 1 unspecified atom stereocenters. The van der Waals surface area contributed by atoms with E-state index in [-0.39, 0.29) is 0 Å². The normalized spacial score (nSPS) is 18.8. The van der Waals surface area contributed by atoms with E-state index in [1.807, 2.05) is 13.3 Å². The molecule has 0 radical (unpaired) electrons. The Labute approximate surface area is 59.1 Å². The Balaban J connectivity index is 4.80. The van der Waals surface area contributed by atoms with Crippen LogP contribution in [0, 0.1) is 0 Å². The first-order chi connectivity index (χ1) is 3.74. The molecule has 9 heavy (non-hydrogen) atoms. The summed E-state index contributed by atoms with van der Waals surface area (Å²) >= 11 is 0. The zero-order valence-electron chi connectivity index (χ0n) is 6.39. The van der Waals surface area contributed by atoms with Crippen molar-refractivity contribution in [2.45, 2.75) is 0 Å². The van der Waals surface area contributed by atoms with Gasteiger partial charge in [-0.15, -0.1) is 0 Å². The van der Waals surface area contributed by atoms with E-state index < -0.39 is 15.2 Å². The SMILES string of the molecule is C=S(C)(C)(F)[P+](C)=PC. The minimum atomic E-state index is -2.69. The smallest absolute Gasteiger partial charge is 0.155 e. The minimum Gasteiger partial charge on any atom is -0.155 e. The van der Waals surface area contributed by atoms with Gasteiger partial charge >= 0.3 is 0 Å². The second-order valence-electron chi connectivity index (χ2n) is 2.63. The van der Waals surface area contributed by atoms with E-state index in [1.54, 1.807) is 12.5 Å². The molecule has 0 aliphatic carbocycles. The van der Waals surface area contributed by atoms with Gasteiger partial charge in [-0.3, -0.25) is 0 Å². The molecule has 1 atom stereocenters. The molecule has 0 saturated heterocycles. The van der Waals surface area contributed by atoms with Gasteiger partial charge in [-0.05, 0) is 5.87 Å². The van der Waals surface area contributed by atoms with Crippen LogP contribution in [0.2, 0.25) is 0 Å². The summed E-state index contributed by atoms with van der Waals surface area (Å²) in [6.45, 7) is 3.98. The molecule has 0 fully saturated rings. The van der Waals surface area contributed by atoms with Crippen molar-refractivity contribution >= 4 is 28.9 Å². The summed E-state index contributed by atoms with van der Waals surface area (Å²) in [5.74, 6) is 3.64. The van der Waals surface area contributed by atoms with E-state index in [4.69, 9.17) is 0 Å². The molecular weight excluding hydrogens is 173 g/mol. The molecule has 0 aromatic rings. The fourth-order valence-corrected chi connectivity index (χ4v) is 6.80. The van der Waals surface area contributed by atoms with Gasteiger partial charge in [0.2, 0.25) is 0 Å². The Bertz CT molecular complexity index is 190. The molecule has 0 spiro atoms. The fraction of sp³-hybridized carbons (Fsp3) is 0.800. The summed E-state index contributed by atoms with van der Waals surface area (Å²) < 4.78 is 13.5. The lowest BCUT2D eigenvalue weighted by Crippen LogP contribution is -1.85. The van der Waals surface area contributed by atoms with E-state index in [0.29, 0.717) is 0 Å². The first kappa shape index (κ1) is 9.75. The molecule has 0 saturated carbocycles. The highest BCUT2D eigenvalue weighted by molar-refractivity contribution is 8.85. The van der Waals surface area contributed by atoms with Crippen LogP contribution in [-0.2, 0) is 0 Å². The van der Waals surface area contributed by atoms with Crippen LogP contribution in [0.25, 0.3) is 0 Å². The zero-order chi connectivity index (χ0) is 7.73. The Hall–Kier alpha value is 0.750. The van der Waals surface area contributed by atoms with Crippen LogP contribution in [0.5, 0.6) is 0 Å². The maximum absolute atomic E-state index is 13.5. The van der Waals surface area contributed by atoms with E-state index in [2.05, 4.69) is 5.87 Å². The van der Waals surface area contributed by atoms with Gasteiger partial charge in [0, 0.05) is 27.9 Å². The average Bonchev–Trinajstić information content (AvgIpc) is 1.60. The molecule has 0 aromatic heterocycles. The Morgan fingerprint density at radius 2 is 1.89 bits per heavy atom. The van der Waals surface area contributed by atoms with Crippen molar-refractivity contribution in [3.63, 3.8) is 0 Å². The van der Waals surface area contributed by atoms with Crippen LogP contribution < -0.4 is 0 Å². The first-order valence-corrected chi connectivity index (χ1v) is 9.90. The standard InChI is InChI=1S/C5H14FP2S/c1-7-8(2)9(3,4,5)6/h3H2,1-2,4-5H3/q+1. The lowest BCUT2D eigenvalue weighted by molar-refractivity contribution is 0.919. The Morgan fingerprint density at radius 1 is 1.56 bits per heavy atom. The molecule has 0 nitrogen and oxygen atoms in total. The van der Waals surface area contributed by atoms with Crippen molar-refractivity contribution in [3.05, 3.63) is 0 Å².